The fourth-order valence-electron chi connectivity index (χ4n) is 3.06. The van der Waals surface area contributed by atoms with E-state index in [0.29, 0.717) is 30.2 Å². The summed E-state index contributed by atoms with van der Waals surface area (Å²) in [6, 6.07) is 11.8. The predicted molar refractivity (Wildman–Crippen MR) is 117 cm³/mol. The Morgan fingerprint density at radius 2 is 1.97 bits per heavy atom. The maximum atomic E-state index is 12.6. The average molecular weight is 412 g/mol. The van der Waals surface area contributed by atoms with E-state index in [1.165, 1.54) is 11.9 Å². The average Bonchev–Trinajstić information content (AvgIpc) is 3.13. The fraction of sp³-hybridized carbons (Fsp3) is 0.286. The van der Waals surface area contributed by atoms with Crippen LogP contribution in [0.2, 0.25) is 0 Å². The Kier molecular flexibility index (Phi) is 6.90. The van der Waals surface area contributed by atoms with Crippen molar-refractivity contribution in [3.05, 3.63) is 76.0 Å². The van der Waals surface area contributed by atoms with Crippen LogP contribution in [0, 0.1) is 6.92 Å². The van der Waals surface area contributed by atoms with Crippen LogP contribution in [0.3, 0.4) is 0 Å². The van der Waals surface area contributed by atoms with Gasteiger partial charge in [-0.3, -0.25) is 14.3 Å². The number of carbonyl (C=O) groups excluding carboxylic acids is 1. The normalized spacial score (nSPS) is 10.9. The third kappa shape index (κ3) is 5.16. The van der Waals surface area contributed by atoms with E-state index in [1.807, 2.05) is 48.0 Å². The standard InChI is InChI=1S/C21H25N5O2S/c1-15-11-17(13-25(3)21(15)28)19-24-18(20(27)23-9-10-29-22-2)14-26(19)12-16-7-5-4-6-8-16/h4-8,11,13-14,22H,9-10,12H2,1-3H3,(H,23,27). The van der Waals surface area contributed by atoms with E-state index < -0.39 is 0 Å². The first kappa shape index (κ1) is 20.9. The highest BCUT2D eigenvalue weighted by Crippen LogP contribution is 2.20. The number of benzene rings is 1. The van der Waals surface area contributed by atoms with Crippen LogP contribution in [0.15, 0.2) is 53.6 Å². The zero-order chi connectivity index (χ0) is 20.8. The van der Waals surface area contributed by atoms with Crippen molar-refractivity contribution in [1.29, 1.82) is 0 Å². The molecule has 0 aliphatic rings. The molecule has 0 aliphatic carbocycles. The van der Waals surface area contributed by atoms with E-state index in [1.54, 1.807) is 30.9 Å². The molecule has 3 aromatic rings. The summed E-state index contributed by atoms with van der Waals surface area (Å²) in [5.41, 5.74) is 2.84. The van der Waals surface area contributed by atoms with Crippen molar-refractivity contribution in [3.8, 4) is 11.4 Å². The Bertz CT molecular complexity index is 1020. The van der Waals surface area contributed by atoms with Crippen LogP contribution in [0.1, 0.15) is 21.6 Å². The maximum Gasteiger partial charge on any atom is 0.271 e. The Hall–Kier alpha value is -2.84. The third-order valence-electron chi connectivity index (χ3n) is 4.46. The van der Waals surface area contributed by atoms with Crippen LogP contribution in [-0.4, -0.2) is 39.4 Å². The summed E-state index contributed by atoms with van der Waals surface area (Å²) in [6.45, 7) is 2.90. The van der Waals surface area contributed by atoms with Gasteiger partial charge in [0.1, 0.15) is 11.5 Å². The number of nitrogens with one attached hydrogen (secondary N) is 2. The van der Waals surface area contributed by atoms with Crippen molar-refractivity contribution in [2.24, 2.45) is 7.05 Å². The molecule has 0 atom stereocenters. The summed E-state index contributed by atoms with van der Waals surface area (Å²) in [5, 5.41) is 2.89. The third-order valence-corrected chi connectivity index (χ3v) is 5.16. The minimum atomic E-state index is -0.212. The van der Waals surface area contributed by atoms with Crippen LogP contribution in [0.25, 0.3) is 11.4 Å². The van der Waals surface area contributed by atoms with E-state index in [2.05, 4.69) is 15.0 Å². The Balaban J connectivity index is 1.95. The number of hydrogen-bond donors (Lipinski definition) is 2. The number of aryl methyl sites for hydroxylation is 2. The number of amides is 1. The molecule has 0 saturated carbocycles. The molecule has 0 saturated heterocycles. The van der Waals surface area contributed by atoms with E-state index in [0.717, 1.165) is 16.9 Å². The molecule has 29 heavy (non-hydrogen) atoms. The molecule has 2 N–H and O–H groups in total. The van der Waals surface area contributed by atoms with Crippen molar-refractivity contribution in [1.82, 2.24) is 24.2 Å². The van der Waals surface area contributed by atoms with Gasteiger partial charge >= 0.3 is 0 Å². The first-order valence-corrected chi connectivity index (χ1v) is 10.3. The van der Waals surface area contributed by atoms with Crippen molar-refractivity contribution >= 4 is 17.9 Å². The number of rotatable bonds is 8. The van der Waals surface area contributed by atoms with Crippen molar-refractivity contribution in [2.45, 2.75) is 13.5 Å². The lowest BCUT2D eigenvalue weighted by Crippen LogP contribution is -2.26. The van der Waals surface area contributed by atoms with E-state index in [4.69, 9.17) is 0 Å². The number of hydrogen-bond acceptors (Lipinski definition) is 5. The minimum absolute atomic E-state index is 0.0464. The van der Waals surface area contributed by atoms with Gasteiger partial charge in [0.15, 0.2) is 0 Å². The Labute approximate surface area is 174 Å². The summed E-state index contributed by atoms with van der Waals surface area (Å²) in [4.78, 5) is 29.3. The van der Waals surface area contributed by atoms with Gasteiger partial charge < -0.3 is 14.5 Å². The summed E-state index contributed by atoms with van der Waals surface area (Å²) >= 11 is 1.53. The molecular formula is C21H25N5O2S. The van der Waals surface area contributed by atoms with Crippen LogP contribution < -0.4 is 15.6 Å². The minimum Gasteiger partial charge on any atom is -0.350 e. The zero-order valence-corrected chi connectivity index (χ0v) is 17.6. The lowest BCUT2D eigenvalue weighted by Gasteiger charge is -2.10. The monoisotopic (exact) mass is 411 g/mol. The quantitative estimate of drug-likeness (QED) is 0.439. The number of carbonyl (C=O) groups is 1. The van der Waals surface area contributed by atoms with Crippen LogP contribution >= 0.6 is 11.9 Å². The molecule has 2 aromatic heterocycles. The molecule has 0 spiro atoms. The summed E-state index contributed by atoms with van der Waals surface area (Å²) in [6.07, 6.45) is 3.52. The van der Waals surface area contributed by atoms with Gasteiger partial charge in [-0.1, -0.05) is 42.3 Å². The fourth-order valence-corrected chi connectivity index (χ4v) is 3.47. The summed E-state index contributed by atoms with van der Waals surface area (Å²) < 4.78 is 6.47. The van der Waals surface area contributed by atoms with E-state index in [9.17, 15) is 9.59 Å². The molecular weight excluding hydrogens is 386 g/mol. The molecule has 7 nitrogen and oxygen atoms in total. The second kappa shape index (κ2) is 9.58. The first-order chi connectivity index (χ1) is 14.0. The highest BCUT2D eigenvalue weighted by Gasteiger charge is 2.17. The van der Waals surface area contributed by atoms with Crippen LogP contribution in [0.4, 0.5) is 0 Å². The van der Waals surface area contributed by atoms with Crippen LogP contribution in [-0.2, 0) is 13.6 Å². The van der Waals surface area contributed by atoms with Gasteiger partial charge in [-0.25, -0.2) is 4.98 Å². The second-order valence-electron chi connectivity index (χ2n) is 6.70. The summed E-state index contributed by atoms with van der Waals surface area (Å²) in [5.74, 6) is 1.21. The highest BCUT2D eigenvalue weighted by atomic mass is 32.2. The largest absolute Gasteiger partial charge is 0.350 e. The molecule has 0 radical (unpaired) electrons. The highest BCUT2D eigenvalue weighted by molar-refractivity contribution is 7.97. The van der Waals surface area contributed by atoms with Crippen molar-refractivity contribution in [3.63, 3.8) is 0 Å². The smallest absolute Gasteiger partial charge is 0.271 e. The summed E-state index contributed by atoms with van der Waals surface area (Å²) in [7, 11) is 3.57. The van der Waals surface area contributed by atoms with E-state index in [-0.39, 0.29) is 11.5 Å². The molecule has 0 unspecified atom stereocenters. The van der Waals surface area contributed by atoms with Crippen LogP contribution in [0.5, 0.6) is 0 Å². The lowest BCUT2D eigenvalue weighted by molar-refractivity contribution is 0.0951. The number of imidazole rings is 1. The molecule has 1 amide bonds. The second-order valence-corrected chi connectivity index (χ2v) is 7.80. The number of nitrogens with zero attached hydrogens (tertiary/aromatic N) is 3. The molecule has 1 aromatic carbocycles. The van der Waals surface area contributed by atoms with Gasteiger partial charge in [0.05, 0.1) is 0 Å². The van der Waals surface area contributed by atoms with Gasteiger partial charge in [-0.2, -0.15) is 0 Å². The maximum absolute atomic E-state index is 12.6. The Morgan fingerprint density at radius 3 is 2.66 bits per heavy atom. The molecule has 8 heteroatoms. The van der Waals surface area contributed by atoms with Gasteiger partial charge in [0.2, 0.25) is 0 Å². The van der Waals surface area contributed by atoms with Gasteiger partial charge in [0.25, 0.3) is 11.5 Å². The number of aromatic nitrogens is 3. The van der Waals surface area contributed by atoms with Gasteiger partial charge in [-0.15, -0.1) is 0 Å². The lowest BCUT2D eigenvalue weighted by atomic mass is 10.2. The molecule has 0 fully saturated rings. The SMILES string of the molecule is CNSCCNC(=O)c1cn(Cc2ccccc2)c(-c2cc(C)c(=O)n(C)c2)n1. The Morgan fingerprint density at radius 1 is 1.21 bits per heavy atom. The molecule has 0 bridgehead atoms. The van der Waals surface area contributed by atoms with Crippen molar-refractivity contribution < 1.29 is 4.79 Å². The van der Waals surface area contributed by atoms with Crippen molar-refractivity contribution in [2.75, 3.05) is 19.3 Å². The predicted octanol–water partition coefficient (Wildman–Crippen LogP) is 2.20. The molecule has 0 aliphatic heterocycles. The first-order valence-electron chi connectivity index (χ1n) is 9.35. The topological polar surface area (TPSA) is 81.0 Å². The van der Waals surface area contributed by atoms with E-state index >= 15 is 0 Å². The van der Waals surface area contributed by atoms with Gasteiger partial charge in [0, 0.05) is 49.4 Å². The zero-order valence-electron chi connectivity index (χ0n) is 16.8. The van der Waals surface area contributed by atoms with Gasteiger partial charge in [-0.05, 0) is 25.6 Å². The molecule has 152 valence electrons. The molecule has 3 rings (SSSR count). The molecule has 2 heterocycles. The number of pyridine rings is 1.